The first-order chi connectivity index (χ1) is 8.58. The van der Waals surface area contributed by atoms with Gasteiger partial charge in [-0.25, -0.2) is 0 Å². The molecule has 1 aromatic rings. The van der Waals surface area contributed by atoms with Crippen LogP contribution in [-0.4, -0.2) is 52.1 Å². The van der Waals surface area contributed by atoms with Gasteiger partial charge >= 0.3 is 0 Å². The Morgan fingerprint density at radius 1 is 1.44 bits per heavy atom. The molecule has 0 aliphatic carbocycles. The van der Waals surface area contributed by atoms with Crippen LogP contribution in [0.3, 0.4) is 0 Å². The van der Waals surface area contributed by atoms with E-state index in [1.165, 1.54) is 11.3 Å². The second-order valence-electron chi connectivity index (χ2n) is 4.65. The zero-order valence-corrected chi connectivity index (χ0v) is 12.0. The van der Waals surface area contributed by atoms with E-state index in [-0.39, 0.29) is 6.10 Å². The molecule has 0 aliphatic rings. The van der Waals surface area contributed by atoms with E-state index in [1.54, 1.807) is 0 Å². The van der Waals surface area contributed by atoms with E-state index >= 15 is 0 Å². The van der Waals surface area contributed by atoms with Crippen molar-refractivity contribution < 1.29 is 5.11 Å². The van der Waals surface area contributed by atoms with E-state index in [0.717, 1.165) is 26.2 Å². The van der Waals surface area contributed by atoms with E-state index in [1.807, 2.05) is 17.9 Å². The largest absolute Gasteiger partial charge is 0.390 e. The molecule has 0 amide bonds. The molecule has 0 saturated carbocycles. The molecule has 104 valence electrons. The Morgan fingerprint density at radius 3 is 2.61 bits per heavy atom. The van der Waals surface area contributed by atoms with Crippen molar-refractivity contribution in [3.05, 3.63) is 17.5 Å². The van der Waals surface area contributed by atoms with Crippen molar-refractivity contribution in [3.8, 4) is 0 Å². The number of aliphatic hydroxyl groups excluding tert-OH is 1. The van der Waals surface area contributed by atoms with E-state index in [9.17, 15) is 5.11 Å². The normalized spacial score (nSPS) is 13.2. The Bertz CT molecular complexity index is 347. The smallest absolute Gasteiger partial charge is 0.0791 e. The van der Waals surface area contributed by atoms with Gasteiger partial charge in [0.2, 0.25) is 0 Å². The third-order valence-electron chi connectivity index (χ3n) is 3.40. The number of hydrogen-bond donors (Lipinski definition) is 2. The molecule has 0 aliphatic heterocycles. The summed E-state index contributed by atoms with van der Waals surface area (Å²) in [5.74, 6) is 0. The quantitative estimate of drug-likeness (QED) is 0.710. The van der Waals surface area contributed by atoms with Crippen molar-refractivity contribution in [2.75, 3.05) is 26.2 Å². The van der Waals surface area contributed by atoms with E-state index in [4.69, 9.17) is 0 Å². The summed E-state index contributed by atoms with van der Waals surface area (Å²) >= 11 is 0. The van der Waals surface area contributed by atoms with Crippen molar-refractivity contribution in [1.29, 1.82) is 0 Å². The lowest BCUT2D eigenvalue weighted by atomic mass is 10.2. The van der Waals surface area contributed by atoms with E-state index < -0.39 is 0 Å². The molecule has 0 spiro atoms. The van der Waals surface area contributed by atoms with Crippen molar-refractivity contribution in [1.82, 2.24) is 20.0 Å². The summed E-state index contributed by atoms with van der Waals surface area (Å²) in [6.45, 7) is 10.3. The number of rotatable bonds is 8. The van der Waals surface area contributed by atoms with Crippen LogP contribution in [0.15, 0.2) is 6.20 Å². The van der Waals surface area contributed by atoms with Crippen LogP contribution in [-0.2, 0) is 13.6 Å². The molecule has 0 aromatic carbocycles. The highest BCUT2D eigenvalue weighted by Gasteiger charge is 2.09. The number of hydrogen-bond acceptors (Lipinski definition) is 4. The van der Waals surface area contributed by atoms with Crippen molar-refractivity contribution in [3.63, 3.8) is 0 Å². The number of nitrogens with one attached hydrogen (secondary N) is 1. The van der Waals surface area contributed by atoms with Crippen LogP contribution < -0.4 is 5.32 Å². The molecule has 0 radical (unpaired) electrons. The monoisotopic (exact) mass is 254 g/mol. The minimum atomic E-state index is -0.318. The van der Waals surface area contributed by atoms with Crippen LogP contribution in [0.25, 0.3) is 0 Å². The fourth-order valence-electron chi connectivity index (χ4n) is 1.94. The highest BCUT2D eigenvalue weighted by atomic mass is 16.3. The lowest BCUT2D eigenvalue weighted by Crippen LogP contribution is -2.38. The summed E-state index contributed by atoms with van der Waals surface area (Å²) in [6, 6.07) is 0. The third kappa shape index (κ3) is 4.40. The summed E-state index contributed by atoms with van der Waals surface area (Å²) in [4.78, 5) is 2.22. The summed E-state index contributed by atoms with van der Waals surface area (Å²) in [7, 11) is 1.94. The predicted molar refractivity (Wildman–Crippen MR) is 73.4 cm³/mol. The minimum Gasteiger partial charge on any atom is -0.390 e. The number of nitrogens with zero attached hydrogens (tertiary/aromatic N) is 3. The number of likely N-dealkylation sites (N-methyl/N-ethyl adjacent to an activating group) is 1. The fraction of sp³-hybridized carbons (Fsp3) is 0.769. The Labute approximate surface area is 110 Å². The van der Waals surface area contributed by atoms with Gasteiger partial charge < -0.3 is 15.3 Å². The van der Waals surface area contributed by atoms with Crippen molar-refractivity contribution in [2.24, 2.45) is 7.05 Å². The van der Waals surface area contributed by atoms with E-state index in [2.05, 4.69) is 36.1 Å². The van der Waals surface area contributed by atoms with Crippen molar-refractivity contribution in [2.45, 2.75) is 33.4 Å². The fourth-order valence-corrected chi connectivity index (χ4v) is 1.94. The molecule has 0 saturated heterocycles. The molecule has 1 unspecified atom stereocenters. The maximum absolute atomic E-state index is 9.91. The standard InChI is InChI=1S/C13H26N4O/c1-5-17(6-2)10-13(18)9-14-7-12-8-15-16(4)11(12)3/h8,13-14,18H,5-7,9-10H2,1-4H3. The van der Waals surface area contributed by atoms with Crippen molar-refractivity contribution >= 4 is 0 Å². The zero-order valence-electron chi connectivity index (χ0n) is 12.0. The van der Waals surface area contributed by atoms with Gasteiger partial charge in [-0.15, -0.1) is 0 Å². The van der Waals surface area contributed by atoms with Gasteiger partial charge in [0.25, 0.3) is 0 Å². The average Bonchev–Trinajstić information content (AvgIpc) is 2.68. The summed E-state index contributed by atoms with van der Waals surface area (Å²) in [5, 5.41) is 17.4. The summed E-state index contributed by atoms with van der Waals surface area (Å²) in [5.41, 5.74) is 2.35. The van der Waals surface area contributed by atoms with Gasteiger partial charge in [0.15, 0.2) is 0 Å². The van der Waals surface area contributed by atoms with E-state index in [0.29, 0.717) is 6.54 Å². The molecule has 1 rings (SSSR count). The van der Waals surface area contributed by atoms with Crippen LogP contribution >= 0.6 is 0 Å². The van der Waals surface area contributed by atoms with Crippen LogP contribution in [0, 0.1) is 6.92 Å². The molecule has 5 heteroatoms. The Kier molecular flexibility index (Phi) is 6.32. The molecule has 1 aromatic heterocycles. The SMILES string of the molecule is CCN(CC)CC(O)CNCc1cnn(C)c1C. The molecule has 5 nitrogen and oxygen atoms in total. The number of aromatic nitrogens is 2. The Morgan fingerprint density at radius 2 is 2.11 bits per heavy atom. The van der Waals surface area contributed by atoms with Gasteiger partial charge in [0.05, 0.1) is 12.3 Å². The highest BCUT2D eigenvalue weighted by Crippen LogP contribution is 2.04. The highest BCUT2D eigenvalue weighted by molar-refractivity contribution is 5.15. The third-order valence-corrected chi connectivity index (χ3v) is 3.40. The van der Waals surface area contributed by atoms with Crippen LogP contribution in [0.5, 0.6) is 0 Å². The predicted octanol–water partition coefficient (Wildman–Crippen LogP) is 0.521. The van der Waals surface area contributed by atoms with Crippen LogP contribution in [0.2, 0.25) is 0 Å². The number of aliphatic hydroxyl groups is 1. The first-order valence-corrected chi connectivity index (χ1v) is 6.67. The molecule has 1 atom stereocenters. The number of aryl methyl sites for hydroxylation is 1. The van der Waals surface area contributed by atoms with Gasteiger partial charge in [-0.2, -0.15) is 5.10 Å². The van der Waals surface area contributed by atoms with Crippen LogP contribution in [0.1, 0.15) is 25.1 Å². The molecule has 0 bridgehead atoms. The van der Waals surface area contributed by atoms with Gasteiger partial charge in [-0.1, -0.05) is 13.8 Å². The Balaban J connectivity index is 2.27. The first kappa shape index (κ1) is 15.1. The topological polar surface area (TPSA) is 53.3 Å². The van der Waals surface area contributed by atoms with Gasteiger partial charge in [-0.05, 0) is 20.0 Å². The summed E-state index contributed by atoms with van der Waals surface area (Å²) < 4.78 is 1.86. The lowest BCUT2D eigenvalue weighted by Gasteiger charge is -2.22. The molecule has 2 N–H and O–H groups in total. The molecule has 18 heavy (non-hydrogen) atoms. The molecule has 0 fully saturated rings. The molecule has 1 heterocycles. The van der Waals surface area contributed by atoms with Gasteiger partial charge in [0, 0.05) is 37.9 Å². The maximum atomic E-state index is 9.91. The summed E-state index contributed by atoms with van der Waals surface area (Å²) in [6.07, 6.45) is 1.56. The minimum absolute atomic E-state index is 0.318. The second-order valence-corrected chi connectivity index (χ2v) is 4.65. The van der Waals surface area contributed by atoms with Gasteiger partial charge in [0.1, 0.15) is 0 Å². The maximum Gasteiger partial charge on any atom is 0.0791 e. The van der Waals surface area contributed by atoms with Gasteiger partial charge in [-0.3, -0.25) is 4.68 Å². The molecular weight excluding hydrogens is 228 g/mol. The Hall–Kier alpha value is -0.910. The van der Waals surface area contributed by atoms with Crippen LogP contribution in [0.4, 0.5) is 0 Å². The average molecular weight is 254 g/mol. The zero-order chi connectivity index (χ0) is 13.5. The molecular formula is C13H26N4O. The first-order valence-electron chi connectivity index (χ1n) is 6.67. The second kappa shape index (κ2) is 7.51. The lowest BCUT2D eigenvalue weighted by molar-refractivity contribution is 0.116.